The van der Waals surface area contributed by atoms with Crippen LogP contribution in [0.3, 0.4) is 0 Å². The number of carbonyl (C=O) groups excluding carboxylic acids is 3. The van der Waals surface area contributed by atoms with Crippen LogP contribution in [0.2, 0.25) is 5.02 Å². The fraction of sp³-hybridized carbons (Fsp3) is 0.167. The summed E-state index contributed by atoms with van der Waals surface area (Å²) in [5, 5.41) is 5.69. The van der Waals surface area contributed by atoms with E-state index in [0.717, 1.165) is 0 Å². The molecule has 0 aliphatic rings. The smallest absolute Gasteiger partial charge is 0.310 e. The van der Waals surface area contributed by atoms with E-state index < -0.39 is 18.5 Å². The maximum atomic E-state index is 11.8. The third-order valence-corrected chi connectivity index (χ3v) is 3.51. The van der Waals surface area contributed by atoms with Crippen LogP contribution >= 0.6 is 11.6 Å². The summed E-state index contributed by atoms with van der Waals surface area (Å²) in [7, 11) is 0. The lowest BCUT2D eigenvalue weighted by Gasteiger charge is -2.08. The second kappa shape index (κ2) is 8.84. The number of carbonyl (C=O) groups is 3. The summed E-state index contributed by atoms with van der Waals surface area (Å²) in [4.78, 5) is 34.5. The molecule has 0 saturated heterocycles. The van der Waals surface area contributed by atoms with Gasteiger partial charge in [0.1, 0.15) is 0 Å². The van der Waals surface area contributed by atoms with Crippen molar-refractivity contribution in [2.45, 2.75) is 13.3 Å². The van der Waals surface area contributed by atoms with E-state index in [0.29, 0.717) is 22.0 Å². The quantitative estimate of drug-likeness (QED) is 0.775. The van der Waals surface area contributed by atoms with Crippen molar-refractivity contribution in [2.75, 3.05) is 17.2 Å². The lowest BCUT2D eigenvalue weighted by atomic mass is 10.1. The highest BCUT2D eigenvalue weighted by Crippen LogP contribution is 2.16. The van der Waals surface area contributed by atoms with Gasteiger partial charge < -0.3 is 15.4 Å². The van der Waals surface area contributed by atoms with Crippen LogP contribution in [0.4, 0.5) is 11.4 Å². The van der Waals surface area contributed by atoms with Crippen LogP contribution in [0.5, 0.6) is 0 Å². The Morgan fingerprint density at radius 1 is 0.960 bits per heavy atom. The topological polar surface area (TPSA) is 84.5 Å². The van der Waals surface area contributed by atoms with Crippen molar-refractivity contribution in [3.8, 4) is 0 Å². The number of hydrogen-bond donors (Lipinski definition) is 2. The van der Waals surface area contributed by atoms with Crippen LogP contribution in [0.15, 0.2) is 48.5 Å². The molecule has 0 fully saturated rings. The Hall–Kier alpha value is -2.86. The van der Waals surface area contributed by atoms with Gasteiger partial charge in [0.05, 0.1) is 6.42 Å². The minimum absolute atomic E-state index is 0.00162. The number of anilines is 2. The van der Waals surface area contributed by atoms with Gasteiger partial charge in [-0.3, -0.25) is 14.4 Å². The summed E-state index contributed by atoms with van der Waals surface area (Å²) in [5.74, 6) is -1.17. The third-order valence-electron chi connectivity index (χ3n) is 3.15. The first-order valence-corrected chi connectivity index (χ1v) is 7.88. The molecule has 2 N–H and O–H groups in total. The molecule has 2 amide bonds. The predicted molar refractivity (Wildman–Crippen MR) is 95.5 cm³/mol. The first-order chi connectivity index (χ1) is 11.9. The molecule has 2 aromatic rings. The average molecular weight is 361 g/mol. The van der Waals surface area contributed by atoms with Crippen LogP contribution in [-0.4, -0.2) is 24.4 Å². The molecule has 7 heteroatoms. The molecule has 0 radical (unpaired) electrons. The summed E-state index contributed by atoms with van der Waals surface area (Å²) < 4.78 is 4.94. The van der Waals surface area contributed by atoms with Gasteiger partial charge in [0.2, 0.25) is 5.91 Å². The molecule has 0 heterocycles. The first-order valence-electron chi connectivity index (χ1n) is 7.50. The largest absolute Gasteiger partial charge is 0.455 e. The Morgan fingerprint density at radius 2 is 1.56 bits per heavy atom. The zero-order chi connectivity index (χ0) is 18.2. The predicted octanol–water partition coefficient (Wildman–Crippen LogP) is 3.02. The van der Waals surface area contributed by atoms with E-state index in [1.165, 1.54) is 6.92 Å². The Bertz CT molecular complexity index is 775. The van der Waals surface area contributed by atoms with E-state index >= 15 is 0 Å². The molecule has 0 aliphatic heterocycles. The van der Waals surface area contributed by atoms with E-state index in [4.69, 9.17) is 16.3 Å². The van der Waals surface area contributed by atoms with Crippen molar-refractivity contribution < 1.29 is 19.1 Å². The van der Waals surface area contributed by atoms with E-state index in [2.05, 4.69) is 10.6 Å². The number of rotatable bonds is 6. The van der Waals surface area contributed by atoms with Gasteiger partial charge in [-0.1, -0.05) is 29.8 Å². The molecule has 0 aliphatic carbocycles. The number of nitrogens with one attached hydrogen (secondary N) is 2. The van der Waals surface area contributed by atoms with E-state index in [1.807, 2.05) is 0 Å². The Kier molecular flexibility index (Phi) is 6.54. The van der Waals surface area contributed by atoms with Crippen molar-refractivity contribution in [3.63, 3.8) is 0 Å². The summed E-state index contributed by atoms with van der Waals surface area (Å²) in [6.45, 7) is 1.02. The number of benzene rings is 2. The molecule has 0 saturated carbocycles. The average Bonchev–Trinajstić information content (AvgIpc) is 2.56. The van der Waals surface area contributed by atoms with Crippen molar-refractivity contribution in [2.24, 2.45) is 0 Å². The fourth-order valence-electron chi connectivity index (χ4n) is 2.03. The minimum Gasteiger partial charge on any atom is -0.455 e. The van der Waals surface area contributed by atoms with Crippen molar-refractivity contribution >= 4 is 40.8 Å². The number of esters is 1. The lowest BCUT2D eigenvalue weighted by Crippen LogP contribution is -2.21. The third kappa shape index (κ3) is 6.27. The second-order valence-corrected chi connectivity index (χ2v) is 5.64. The Balaban J connectivity index is 1.79. The zero-order valence-electron chi connectivity index (χ0n) is 13.5. The lowest BCUT2D eigenvalue weighted by molar-refractivity contribution is -0.146. The Labute approximate surface area is 150 Å². The Morgan fingerprint density at radius 3 is 2.16 bits per heavy atom. The number of amides is 2. The molecule has 0 spiro atoms. The van der Waals surface area contributed by atoms with Crippen LogP contribution in [0, 0.1) is 0 Å². The number of ether oxygens (including phenoxy) is 1. The van der Waals surface area contributed by atoms with Crippen molar-refractivity contribution in [1.82, 2.24) is 0 Å². The SMILES string of the molecule is CC(=O)Nc1ccc(NC(=O)COC(=O)Cc2ccccc2Cl)cc1. The molecule has 0 atom stereocenters. The molecule has 0 unspecified atom stereocenters. The van der Waals surface area contributed by atoms with E-state index in [9.17, 15) is 14.4 Å². The van der Waals surface area contributed by atoms with Crippen LogP contribution in [0.1, 0.15) is 12.5 Å². The maximum absolute atomic E-state index is 11.8. The second-order valence-electron chi connectivity index (χ2n) is 5.24. The monoisotopic (exact) mass is 360 g/mol. The van der Waals surface area contributed by atoms with Gasteiger partial charge in [0, 0.05) is 23.3 Å². The molecule has 6 nitrogen and oxygen atoms in total. The highest BCUT2D eigenvalue weighted by Gasteiger charge is 2.10. The maximum Gasteiger partial charge on any atom is 0.310 e. The highest BCUT2D eigenvalue weighted by molar-refractivity contribution is 6.31. The summed E-state index contributed by atoms with van der Waals surface area (Å²) in [6.07, 6.45) is -0.00162. The molecule has 0 bridgehead atoms. The zero-order valence-corrected chi connectivity index (χ0v) is 14.3. The number of hydrogen-bond acceptors (Lipinski definition) is 4. The molecular weight excluding hydrogens is 344 g/mol. The van der Waals surface area contributed by atoms with Gasteiger partial charge in [-0.25, -0.2) is 0 Å². The molecule has 0 aromatic heterocycles. The highest BCUT2D eigenvalue weighted by atomic mass is 35.5. The van der Waals surface area contributed by atoms with Crippen LogP contribution < -0.4 is 10.6 Å². The minimum atomic E-state index is -0.538. The molecular formula is C18H17ClN2O4. The molecule has 130 valence electrons. The standard InChI is InChI=1S/C18H17ClN2O4/c1-12(22)20-14-6-8-15(9-7-14)21-17(23)11-25-18(24)10-13-4-2-3-5-16(13)19/h2-9H,10-11H2,1H3,(H,20,22)(H,21,23). The number of halogens is 1. The fourth-order valence-corrected chi connectivity index (χ4v) is 2.23. The first kappa shape index (κ1) is 18.5. The van der Waals surface area contributed by atoms with Gasteiger partial charge in [-0.2, -0.15) is 0 Å². The van der Waals surface area contributed by atoms with Crippen LogP contribution in [-0.2, 0) is 25.5 Å². The molecule has 2 rings (SSSR count). The van der Waals surface area contributed by atoms with Gasteiger partial charge in [-0.15, -0.1) is 0 Å². The van der Waals surface area contributed by atoms with E-state index in [1.54, 1.807) is 48.5 Å². The normalized spacial score (nSPS) is 10.0. The summed E-state index contributed by atoms with van der Waals surface area (Å²) >= 11 is 5.97. The van der Waals surface area contributed by atoms with E-state index in [-0.39, 0.29) is 12.3 Å². The van der Waals surface area contributed by atoms with Gasteiger partial charge in [0.15, 0.2) is 6.61 Å². The van der Waals surface area contributed by atoms with Gasteiger partial charge in [0.25, 0.3) is 5.91 Å². The molecule has 25 heavy (non-hydrogen) atoms. The van der Waals surface area contributed by atoms with Gasteiger partial charge >= 0.3 is 5.97 Å². The van der Waals surface area contributed by atoms with Crippen molar-refractivity contribution in [1.29, 1.82) is 0 Å². The van der Waals surface area contributed by atoms with Crippen molar-refractivity contribution in [3.05, 3.63) is 59.1 Å². The summed E-state index contributed by atoms with van der Waals surface area (Å²) in [6, 6.07) is 13.5. The van der Waals surface area contributed by atoms with Crippen LogP contribution in [0.25, 0.3) is 0 Å². The summed E-state index contributed by atoms with van der Waals surface area (Å²) in [5.41, 5.74) is 1.79. The molecule has 2 aromatic carbocycles. The van der Waals surface area contributed by atoms with Gasteiger partial charge in [-0.05, 0) is 35.9 Å².